The Hall–Kier alpha value is -3.09. The molecule has 146 valence electrons. The number of amides is 3. The summed E-state index contributed by atoms with van der Waals surface area (Å²) in [6.45, 7) is 1.64. The molecule has 0 bridgehead atoms. The van der Waals surface area contributed by atoms with E-state index in [9.17, 15) is 14.4 Å². The Labute approximate surface area is 163 Å². The molecule has 7 heteroatoms. The predicted molar refractivity (Wildman–Crippen MR) is 104 cm³/mol. The van der Waals surface area contributed by atoms with Crippen molar-refractivity contribution in [1.82, 2.24) is 4.90 Å². The van der Waals surface area contributed by atoms with Crippen LogP contribution >= 0.6 is 0 Å². The topological polar surface area (TPSA) is 82.9 Å². The third kappa shape index (κ3) is 3.65. The van der Waals surface area contributed by atoms with Crippen molar-refractivity contribution in [3.8, 4) is 0 Å². The summed E-state index contributed by atoms with van der Waals surface area (Å²) in [7, 11) is 0. The molecule has 0 saturated carbocycles. The Balaban J connectivity index is 1.45. The standard InChI is InChI=1S/C21H23N3O4/c25-19-10-4-12-24(19)17-8-2-1-7-16(17)22-20(26)15-6-3-11-23(14-15)21(27)18-9-5-13-28-18/h1-2,5,7-9,13,15H,3-4,6,10-12,14H2,(H,22,26)/t15-/m0/s1. The van der Waals surface area contributed by atoms with E-state index < -0.39 is 0 Å². The zero-order chi connectivity index (χ0) is 19.5. The van der Waals surface area contributed by atoms with Crippen molar-refractivity contribution >= 4 is 29.1 Å². The van der Waals surface area contributed by atoms with Crippen LogP contribution in [-0.4, -0.2) is 42.3 Å². The van der Waals surface area contributed by atoms with Gasteiger partial charge in [-0.2, -0.15) is 0 Å². The Morgan fingerprint density at radius 1 is 1.07 bits per heavy atom. The molecule has 3 amide bonds. The average Bonchev–Trinajstić information content (AvgIpc) is 3.40. The number of rotatable bonds is 4. The lowest BCUT2D eigenvalue weighted by molar-refractivity contribution is -0.121. The molecule has 1 aromatic heterocycles. The molecular formula is C21H23N3O4. The number of nitrogens with one attached hydrogen (secondary N) is 1. The van der Waals surface area contributed by atoms with Gasteiger partial charge in [-0.15, -0.1) is 0 Å². The fourth-order valence-corrected chi connectivity index (χ4v) is 3.88. The molecule has 2 saturated heterocycles. The van der Waals surface area contributed by atoms with Gasteiger partial charge in [0, 0.05) is 26.1 Å². The highest BCUT2D eigenvalue weighted by molar-refractivity contribution is 6.02. The summed E-state index contributed by atoms with van der Waals surface area (Å²) in [6.07, 6.45) is 4.32. The van der Waals surface area contributed by atoms with E-state index >= 15 is 0 Å². The van der Waals surface area contributed by atoms with Gasteiger partial charge in [-0.05, 0) is 43.5 Å². The minimum absolute atomic E-state index is 0.0783. The van der Waals surface area contributed by atoms with E-state index in [1.54, 1.807) is 21.9 Å². The molecule has 2 aliphatic rings. The molecule has 28 heavy (non-hydrogen) atoms. The van der Waals surface area contributed by atoms with Gasteiger partial charge in [-0.1, -0.05) is 12.1 Å². The minimum atomic E-state index is -0.296. The normalized spacial score (nSPS) is 19.7. The van der Waals surface area contributed by atoms with Gasteiger partial charge in [0.25, 0.3) is 5.91 Å². The number of carbonyl (C=O) groups is 3. The van der Waals surface area contributed by atoms with Crippen molar-refractivity contribution in [2.75, 3.05) is 29.9 Å². The monoisotopic (exact) mass is 381 g/mol. The first kappa shape index (κ1) is 18.3. The zero-order valence-corrected chi connectivity index (χ0v) is 15.6. The fourth-order valence-electron chi connectivity index (χ4n) is 3.88. The summed E-state index contributed by atoms with van der Waals surface area (Å²) < 4.78 is 5.19. The van der Waals surface area contributed by atoms with Crippen LogP contribution in [0, 0.1) is 5.92 Å². The van der Waals surface area contributed by atoms with Gasteiger partial charge < -0.3 is 19.5 Å². The Kier molecular flexibility index (Phi) is 5.14. The summed E-state index contributed by atoms with van der Waals surface area (Å²) in [5.74, 6) is -0.245. The number of para-hydroxylation sites is 2. The molecular weight excluding hydrogens is 358 g/mol. The number of likely N-dealkylation sites (tertiary alicyclic amines) is 1. The third-order valence-corrected chi connectivity index (χ3v) is 5.34. The summed E-state index contributed by atoms with van der Waals surface area (Å²) in [5.41, 5.74) is 1.37. The maximum absolute atomic E-state index is 12.9. The molecule has 1 atom stereocenters. The number of hydrogen-bond donors (Lipinski definition) is 1. The SMILES string of the molecule is O=C(Nc1ccccc1N1CCCC1=O)[C@H]1CCCN(C(=O)c2ccco2)C1. The van der Waals surface area contributed by atoms with E-state index in [4.69, 9.17) is 4.42 Å². The molecule has 2 aliphatic heterocycles. The predicted octanol–water partition coefficient (Wildman–Crippen LogP) is 2.90. The minimum Gasteiger partial charge on any atom is -0.459 e. The quantitative estimate of drug-likeness (QED) is 0.883. The summed E-state index contributed by atoms with van der Waals surface area (Å²) in [4.78, 5) is 40.9. The van der Waals surface area contributed by atoms with Crippen LogP contribution in [0.5, 0.6) is 0 Å². The van der Waals surface area contributed by atoms with E-state index in [2.05, 4.69) is 5.32 Å². The van der Waals surface area contributed by atoms with Crippen LogP contribution in [-0.2, 0) is 9.59 Å². The first-order chi connectivity index (χ1) is 13.6. The first-order valence-corrected chi connectivity index (χ1v) is 9.66. The van der Waals surface area contributed by atoms with E-state index in [1.165, 1.54) is 6.26 Å². The highest BCUT2D eigenvalue weighted by Crippen LogP contribution is 2.30. The zero-order valence-electron chi connectivity index (χ0n) is 15.6. The van der Waals surface area contributed by atoms with Crippen molar-refractivity contribution in [3.63, 3.8) is 0 Å². The lowest BCUT2D eigenvalue weighted by Crippen LogP contribution is -2.43. The number of piperidine rings is 1. The fraction of sp³-hybridized carbons (Fsp3) is 0.381. The van der Waals surface area contributed by atoms with Crippen LogP contribution < -0.4 is 10.2 Å². The second kappa shape index (κ2) is 7.88. The Bertz CT molecular complexity index is 878. The highest BCUT2D eigenvalue weighted by atomic mass is 16.3. The van der Waals surface area contributed by atoms with Crippen LogP contribution in [0.2, 0.25) is 0 Å². The van der Waals surface area contributed by atoms with Gasteiger partial charge in [0.15, 0.2) is 5.76 Å². The van der Waals surface area contributed by atoms with Crippen LogP contribution in [0.1, 0.15) is 36.2 Å². The number of benzene rings is 1. The van der Waals surface area contributed by atoms with Gasteiger partial charge >= 0.3 is 0 Å². The second-order valence-corrected chi connectivity index (χ2v) is 7.22. The largest absolute Gasteiger partial charge is 0.459 e. The molecule has 4 rings (SSSR count). The lowest BCUT2D eigenvalue weighted by atomic mass is 9.96. The summed E-state index contributed by atoms with van der Waals surface area (Å²) in [6, 6.07) is 10.7. The van der Waals surface area contributed by atoms with E-state index in [-0.39, 0.29) is 23.6 Å². The number of nitrogens with zero attached hydrogens (tertiary/aromatic N) is 2. The Morgan fingerprint density at radius 3 is 2.68 bits per heavy atom. The van der Waals surface area contributed by atoms with Crippen molar-refractivity contribution in [3.05, 3.63) is 48.4 Å². The number of anilines is 2. The average molecular weight is 381 g/mol. The van der Waals surface area contributed by atoms with E-state index in [1.807, 2.05) is 24.3 Å². The van der Waals surface area contributed by atoms with Crippen molar-refractivity contribution < 1.29 is 18.8 Å². The van der Waals surface area contributed by atoms with E-state index in [0.29, 0.717) is 37.5 Å². The van der Waals surface area contributed by atoms with Crippen LogP contribution in [0.4, 0.5) is 11.4 Å². The summed E-state index contributed by atoms with van der Waals surface area (Å²) in [5, 5.41) is 2.98. The molecule has 2 aromatic rings. The number of hydrogen-bond acceptors (Lipinski definition) is 4. The molecule has 3 heterocycles. The third-order valence-electron chi connectivity index (χ3n) is 5.34. The molecule has 0 radical (unpaired) electrons. The van der Waals surface area contributed by atoms with Gasteiger partial charge in [0.1, 0.15) is 0 Å². The maximum atomic E-state index is 12.9. The van der Waals surface area contributed by atoms with Crippen LogP contribution in [0.15, 0.2) is 47.1 Å². The summed E-state index contributed by atoms with van der Waals surface area (Å²) >= 11 is 0. The molecule has 1 N–H and O–H groups in total. The second-order valence-electron chi connectivity index (χ2n) is 7.22. The number of furan rings is 1. The molecule has 1 aromatic carbocycles. The smallest absolute Gasteiger partial charge is 0.289 e. The Morgan fingerprint density at radius 2 is 1.93 bits per heavy atom. The van der Waals surface area contributed by atoms with Crippen molar-refractivity contribution in [1.29, 1.82) is 0 Å². The van der Waals surface area contributed by atoms with Gasteiger partial charge in [-0.3, -0.25) is 14.4 Å². The van der Waals surface area contributed by atoms with Crippen LogP contribution in [0.3, 0.4) is 0 Å². The lowest BCUT2D eigenvalue weighted by Gasteiger charge is -2.31. The van der Waals surface area contributed by atoms with Gasteiger partial charge in [0.2, 0.25) is 11.8 Å². The molecule has 0 unspecified atom stereocenters. The maximum Gasteiger partial charge on any atom is 0.289 e. The van der Waals surface area contributed by atoms with Crippen LogP contribution in [0.25, 0.3) is 0 Å². The molecule has 7 nitrogen and oxygen atoms in total. The molecule has 2 fully saturated rings. The highest BCUT2D eigenvalue weighted by Gasteiger charge is 2.31. The van der Waals surface area contributed by atoms with Crippen molar-refractivity contribution in [2.45, 2.75) is 25.7 Å². The van der Waals surface area contributed by atoms with Crippen molar-refractivity contribution in [2.24, 2.45) is 5.92 Å². The van der Waals surface area contributed by atoms with E-state index in [0.717, 1.165) is 24.9 Å². The molecule has 0 spiro atoms. The van der Waals surface area contributed by atoms with Gasteiger partial charge in [0.05, 0.1) is 23.6 Å². The van der Waals surface area contributed by atoms with Gasteiger partial charge in [-0.25, -0.2) is 0 Å². The first-order valence-electron chi connectivity index (χ1n) is 9.66. The molecule has 0 aliphatic carbocycles. The number of carbonyl (C=O) groups excluding carboxylic acids is 3.